The van der Waals surface area contributed by atoms with Gasteiger partial charge in [-0.3, -0.25) is 4.98 Å². The number of halogens is 1. The number of pyridine rings is 2. The fourth-order valence-corrected chi connectivity index (χ4v) is 1.59. The van der Waals surface area contributed by atoms with E-state index in [0.717, 1.165) is 11.5 Å². The van der Waals surface area contributed by atoms with E-state index in [-0.39, 0.29) is 0 Å². The van der Waals surface area contributed by atoms with E-state index in [1.54, 1.807) is 12.3 Å². The lowest BCUT2D eigenvalue weighted by molar-refractivity contribution is 0.866. The molecule has 0 spiro atoms. The van der Waals surface area contributed by atoms with Gasteiger partial charge in [-0.25, -0.2) is 4.98 Å². The summed E-state index contributed by atoms with van der Waals surface area (Å²) in [5.74, 6) is 0.846. The molecule has 0 saturated heterocycles. The van der Waals surface area contributed by atoms with E-state index in [2.05, 4.69) is 9.97 Å². The minimum atomic E-state index is 0.505. The lowest BCUT2D eigenvalue weighted by Gasteiger charge is -2.17. The van der Waals surface area contributed by atoms with Crippen LogP contribution in [0.4, 0.5) is 5.82 Å². The highest BCUT2D eigenvalue weighted by Crippen LogP contribution is 2.14. The van der Waals surface area contributed by atoms with Crippen LogP contribution in [0.3, 0.4) is 0 Å². The number of hydrogen-bond acceptors (Lipinski definition) is 3. The van der Waals surface area contributed by atoms with Crippen molar-refractivity contribution in [1.29, 1.82) is 0 Å². The molecule has 82 valence electrons. The summed E-state index contributed by atoms with van der Waals surface area (Å²) in [6.07, 6.45) is 1.79. The number of nitrogens with zero attached hydrogens (tertiary/aromatic N) is 3. The monoisotopic (exact) mass is 233 g/mol. The Hall–Kier alpha value is -1.61. The Morgan fingerprint density at radius 3 is 2.75 bits per heavy atom. The first-order chi connectivity index (χ1) is 7.75. The van der Waals surface area contributed by atoms with Crippen LogP contribution in [0.1, 0.15) is 5.69 Å². The summed E-state index contributed by atoms with van der Waals surface area (Å²) >= 11 is 5.84. The van der Waals surface area contributed by atoms with Crippen molar-refractivity contribution in [3.05, 3.63) is 53.4 Å². The van der Waals surface area contributed by atoms with Crippen molar-refractivity contribution >= 4 is 17.4 Å². The molecule has 0 unspecified atom stereocenters. The summed E-state index contributed by atoms with van der Waals surface area (Å²) in [5, 5.41) is 0.505. The Kier molecular flexibility index (Phi) is 3.37. The van der Waals surface area contributed by atoms with Gasteiger partial charge in [0.05, 0.1) is 12.2 Å². The summed E-state index contributed by atoms with van der Waals surface area (Å²) in [5.41, 5.74) is 1.01. The SMILES string of the molecule is CN(Cc1ccccn1)c1cccc(Cl)n1. The van der Waals surface area contributed by atoms with Crippen molar-refractivity contribution in [3.8, 4) is 0 Å². The predicted octanol–water partition coefficient (Wildman–Crippen LogP) is 2.77. The number of hydrogen-bond donors (Lipinski definition) is 0. The van der Waals surface area contributed by atoms with Crippen LogP contribution >= 0.6 is 11.6 Å². The van der Waals surface area contributed by atoms with Gasteiger partial charge in [0.1, 0.15) is 11.0 Å². The van der Waals surface area contributed by atoms with E-state index in [0.29, 0.717) is 11.7 Å². The standard InChI is InChI=1S/C12H12ClN3/c1-16(9-10-5-2-3-8-14-10)12-7-4-6-11(13)15-12/h2-8H,9H2,1H3. The van der Waals surface area contributed by atoms with E-state index in [1.165, 1.54) is 0 Å². The summed E-state index contributed by atoms with van der Waals surface area (Å²) < 4.78 is 0. The predicted molar refractivity (Wildman–Crippen MR) is 65.6 cm³/mol. The normalized spacial score (nSPS) is 10.1. The number of aromatic nitrogens is 2. The van der Waals surface area contributed by atoms with E-state index in [1.807, 2.05) is 42.3 Å². The van der Waals surface area contributed by atoms with Crippen molar-refractivity contribution in [2.45, 2.75) is 6.54 Å². The van der Waals surface area contributed by atoms with Gasteiger partial charge in [-0.15, -0.1) is 0 Å². The zero-order valence-electron chi connectivity index (χ0n) is 8.97. The van der Waals surface area contributed by atoms with Crippen molar-refractivity contribution in [2.24, 2.45) is 0 Å². The van der Waals surface area contributed by atoms with E-state index in [9.17, 15) is 0 Å². The van der Waals surface area contributed by atoms with Crippen LogP contribution in [-0.4, -0.2) is 17.0 Å². The fraction of sp³-hybridized carbons (Fsp3) is 0.167. The molecule has 0 aromatic carbocycles. The molecule has 0 radical (unpaired) electrons. The van der Waals surface area contributed by atoms with Gasteiger partial charge >= 0.3 is 0 Å². The molecule has 0 aliphatic carbocycles. The van der Waals surface area contributed by atoms with Crippen molar-refractivity contribution in [3.63, 3.8) is 0 Å². The summed E-state index contributed by atoms with van der Waals surface area (Å²) in [4.78, 5) is 10.5. The number of anilines is 1. The molecular weight excluding hydrogens is 222 g/mol. The van der Waals surface area contributed by atoms with E-state index in [4.69, 9.17) is 11.6 Å². The second-order valence-electron chi connectivity index (χ2n) is 3.50. The van der Waals surface area contributed by atoms with Gasteiger partial charge in [0.15, 0.2) is 0 Å². The Morgan fingerprint density at radius 1 is 1.19 bits per heavy atom. The summed E-state index contributed by atoms with van der Waals surface area (Å²) in [6, 6.07) is 11.4. The molecule has 0 N–H and O–H groups in total. The molecule has 0 aliphatic rings. The molecule has 3 nitrogen and oxygen atoms in total. The molecule has 4 heteroatoms. The van der Waals surface area contributed by atoms with Gasteiger partial charge in [0.2, 0.25) is 0 Å². The maximum absolute atomic E-state index is 5.84. The molecule has 0 aliphatic heterocycles. The Morgan fingerprint density at radius 2 is 2.06 bits per heavy atom. The van der Waals surface area contributed by atoms with Crippen LogP contribution in [0.5, 0.6) is 0 Å². The van der Waals surface area contributed by atoms with Crippen LogP contribution in [-0.2, 0) is 6.54 Å². The maximum Gasteiger partial charge on any atom is 0.131 e. The third-order valence-corrected chi connectivity index (χ3v) is 2.43. The van der Waals surface area contributed by atoms with Gasteiger partial charge in [-0.2, -0.15) is 0 Å². The Labute approximate surface area is 99.7 Å². The second-order valence-corrected chi connectivity index (χ2v) is 3.88. The molecular formula is C12H12ClN3. The molecule has 0 atom stereocenters. The molecule has 16 heavy (non-hydrogen) atoms. The van der Waals surface area contributed by atoms with Gasteiger partial charge in [-0.1, -0.05) is 23.7 Å². The van der Waals surface area contributed by atoms with Crippen molar-refractivity contribution in [2.75, 3.05) is 11.9 Å². The van der Waals surface area contributed by atoms with Gasteiger partial charge in [0.25, 0.3) is 0 Å². The minimum absolute atomic E-state index is 0.505. The summed E-state index contributed by atoms with van der Waals surface area (Å²) in [7, 11) is 1.97. The molecule has 2 rings (SSSR count). The van der Waals surface area contributed by atoms with Crippen LogP contribution in [0, 0.1) is 0 Å². The zero-order valence-corrected chi connectivity index (χ0v) is 9.72. The molecule has 0 amide bonds. The smallest absolute Gasteiger partial charge is 0.131 e. The molecule has 0 saturated carbocycles. The van der Waals surface area contributed by atoms with Crippen molar-refractivity contribution in [1.82, 2.24) is 9.97 Å². The molecule has 0 bridgehead atoms. The molecule has 2 aromatic rings. The van der Waals surface area contributed by atoms with E-state index >= 15 is 0 Å². The maximum atomic E-state index is 5.84. The molecule has 0 fully saturated rings. The zero-order chi connectivity index (χ0) is 11.4. The lowest BCUT2D eigenvalue weighted by Crippen LogP contribution is -2.18. The number of rotatable bonds is 3. The minimum Gasteiger partial charge on any atom is -0.354 e. The average molecular weight is 234 g/mol. The van der Waals surface area contributed by atoms with Gasteiger partial charge < -0.3 is 4.90 Å². The first kappa shape index (κ1) is 10.9. The Balaban J connectivity index is 2.12. The highest BCUT2D eigenvalue weighted by molar-refractivity contribution is 6.29. The van der Waals surface area contributed by atoms with Crippen LogP contribution in [0.2, 0.25) is 5.15 Å². The van der Waals surface area contributed by atoms with Crippen LogP contribution in [0.25, 0.3) is 0 Å². The molecule has 2 aromatic heterocycles. The first-order valence-electron chi connectivity index (χ1n) is 4.99. The van der Waals surface area contributed by atoms with Crippen LogP contribution < -0.4 is 4.90 Å². The van der Waals surface area contributed by atoms with E-state index < -0.39 is 0 Å². The lowest BCUT2D eigenvalue weighted by atomic mass is 10.3. The highest BCUT2D eigenvalue weighted by Gasteiger charge is 2.04. The quantitative estimate of drug-likeness (QED) is 0.764. The topological polar surface area (TPSA) is 29.0 Å². The van der Waals surface area contributed by atoms with Crippen LogP contribution in [0.15, 0.2) is 42.6 Å². The largest absolute Gasteiger partial charge is 0.354 e. The highest BCUT2D eigenvalue weighted by atomic mass is 35.5. The first-order valence-corrected chi connectivity index (χ1v) is 5.37. The molecule has 2 heterocycles. The fourth-order valence-electron chi connectivity index (χ4n) is 1.43. The second kappa shape index (κ2) is 4.94. The summed E-state index contributed by atoms with van der Waals surface area (Å²) in [6.45, 7) is 0.716. The van der Waals surface area contributed by atoms with Gasteiger partial charge in [-0.05, 0) is 24.3 Å². The third-order valence-electron chi connectivity index (χ3n) is 2.22. The Bertz CT molecular complexity index is 459. The van der Waals surface area contributed by atoms with Gasteiger partial charge in [0, 0.05) is 13.2 Å². The third kappa shape index (κ3) is 2.70. The average Bonchev–Trinajstić information content (AvgIpc) is 2.30. The van der Waals surface area contributed by atoms with Crippen molar-refractivity contribution < 1.29 is 0 Å².